The Morgan fingerprint density at radius 1 is 1.22 bits per heavy atom. The molecule has 1 rings (SSSR count). The van der Waals surface area contributed by atoms with Crippen molar-refractivity contribution < 1.29 is 13.9 Å². The van der Waals surface area contributed by atoms with Crippen LogP contribution in [0.5, 0.6) is 0 Å². The zero-order valence-corrected chi connectivity index (χ0v) is 11.1. The first kappa shape index (κ1) is 15.1. The molecule has 0 aromatic heterocycles. The Morgan fingerprint density at radius 2 is 2.00 bits per heavy atom. The van der Waals surface area contributed by atoms with Crippen LogP contribution >= 0.6 is 0 Å². The number of ether oxygens (including phenoxy) is 2. The van der Waals surface area contributed by atoms with Crippen LogP contribution in [0.15, 0.2) is 24.3 Å². The largest absolute Gasteiger partial charge is 0.385 e. The summed E-state index contributed by atoms with van der Waals surface area (Å²) in [6, 6.07) is 6.82. The number of methoxy groups -OCH3 is 1. The molecule has 18 heavy (non-hydrogen) atoms. The van der Waals surface area contributed by atoms with Crippen LogP contribution in [-0.4, -0.2) is 33.5 Å². The van der Waals surface area contributed by atoms with Gasteiger partial charge in [-0.3, -0.25) is 0 Å². The topological polar surface area (TPSA) is 30.5 Å². The van der Waals surface area contributed by atoms with Gasteiger partial charge in [0, 0.05) is 38.5 Å². The van der Waals surface area contributed by atoms with Crippen molar-refractivity contribution in [2.75, 3.05) is 33.5 Å². The van der Waals surface area contributed by atoms with Crippen LogP contribution in [0, 0.1) is 5.82 Å². The highest BCUT2D eigenvalue weighted by Gasteiger charge is 2.08. The van der Waals surface area contributed by atoms with Crippen LogP contribution in [0.4, 0.5) is 4.39 Å². The van der Waals surface area contributed by atoms with Crippen molar-refractivity contribution in [1.82, 2.24) is 5.32 Å². The Kier molecular flexibility index (Phi) is 7.57. The van der Waals surface area contributed by atoms with Crippen molar-refractivity contribution in [1.29, 1.82) is 0 Å². The molecule has 1 atom stereocenters. The van der Waals surface area contributed by atoms with E-state index in [1.165, 1.54) is 6.07 Å². The van der Waals surface area contributed by atoms with E-state index in [1.807, 2.05) is 13.0 Å². The Hall–Kier alpha value is -0.970. The average molecular weight is 255 g/mol. The fraction of sp³-hybridized carbons (Fsp3) is 0.571. The second-order valence-electron chi connectivity index (χ2n) is 4.16. The smallest absolute Gasteiger partial charge is 0.127 e. The van der Waals surface area contributed by atoms with E-state index in [4.69, 9.17) is 9.47 Å². The van der Waals surface area contributed by atoms with Gasteiger partial charge in [-0.1, -0.05) is 18.2 Å². The lowest BCUT2D eigenvalue weighted by atomic mass is 10.1. The molecule has 3 nitrogen and oxygen atoms in total. The second-order valence-corrected chi connectivity index (χ2v) is 4.16. The number of hydrogen-bond donors (Lipinski definition) is 1. The monoisotopic (exact) mass is 255 g/mol. The fourth-order valence-electron chi connectivity index (χ4n) is 1.69. The molecule has 0 saturated heterocycles. The van der Waals surface area contributed by atoms with E-state index in [0.29, 0.717) is 25.3 Å². The summed E-state index contributed by atoms with van der Waals surface area (Å²) in [5.41, 5.74) is 0.692. The van der Waals surface area contributed by atoms with Crippen molar-refractivity contribution in [3.05, 3.63) is 35.6 Å². The van der Waals surface area contributed by atoms with E-state index < -0.39 is 0 Å². The lowest BCUT2D eigenvalue weighted by Crippen LogP contribution is -2.24. The first-order valence-corrected chi connectivity index (χ1v) is 6.30. The first-order chi connectivity index (χ1) is 8.75. The van der Waals surface area contributed by atoms with Crippen LogP contribution < -0.4 is 5.32 Å². The van der Waals surface area contributed by atoms with Gasteiger partial charge >= 0.3 is 0 Å². The van der Waals surface area contributed by atoms with Crippen LogP contribution in [0.25, 0.3) is 0 Å². The number of hydrogen-bond acceptors (Lipinski definition) is 3. The molecule has 1 aromatic rings. The van der Waals surface area contributed by atoms with E-state index in [2.05, 4.69) is 5.32 Å². The van der Waals surface area contributed by atoms with E-state index >= 15 is 0 Å². The quantitative estimate of drug-likeness (QED) is 0.688. The van der Waals surface area contributed by atoms with Crippen LogP contribution in [0.1, 0.15) is 24.9 Å². The summed E-state index contributed by atoms with van der Waals surface area (Å²) in [6.45, 7) is 4.71. The van der Waals surface area contributed by atoms with Gasteiger partial charge in [-0.05, 0) is 19.4 Å². The fourth-order valence-corrected chi connectivity index (χ4v) is 1.69. The molecule has 0 aliphatic rings. The summed E-state index contributed by atoms with van der Waals surface area (Å²) >= 11 is 0. The maximum absolute atomic E-state index is 13.5. The van der Waals surface area contributed by atoms with Crippen molar-refractivity contribution in [2.24, 2.45) is 0 Å². The van der Waals surface area contributed by atoms with Gasteiger partial charge < -0.3 is 14.8 Å². The molecule has 0 heterocycles. The highest BCUT2D eigenvalue weighted by atomic mass is 19.1. The van der Waals surface area contributed by atoms with Crippen LogP contribution in [0.2, 0.25) is 0 Å². The predicted molar refractivity (Wildman–Crippen MR) is 70.1 cm³/mol. The summed E-state index contributed by atoms with van der Waals surface area (Å²) in [6.07, 6.45) is 0.902. The van der Waals surface area contributed by atoms with Gasteiger partial charge in [-0.25, -0.2) is 4.39 Å². The Bertz CT molecular complexity index is 333. The third kappa shape index (κ3) is 5.58. The summed E-state index contributed by atoms with van der Waals surface area (Å²) in [5.74, 6) is -0.168. The van der Waals surface area contributed by atoms with Crippen molar-refractivity contribution in [3.8, 4) is 0 Å². The molecular formula is C14H22FNO2. The van der Waals surface area contributed by atoms with Gasteiger partial charge in [0.05, 0.1) is 6.61 Å². The normalized spacial score (nSPS) is 12.6. The van der Waals surface area contributed by atoms with Crippen molar-refractivity contribution in [3.63, 3.8) is 0 Å². The zero-order chi connectivity index (χ0) is 13.2. The van der Waals surface area contributed by atoms with Crippen LogP contribution in [0.3, 0.4) is 0 Å². The van der Waals surface area contributed by atoms with Gasteiger partial charge in [-0.15, -0.1) is 0 Å². The summed E-state index contributed by atoms with van der Waals surface area (Å²) < 4.78 is 23.8. The number of rotatable bonds is 9. The minimum atomic E-state index is -0.168. The van der Waals surface area contributed by atoms with Crippen molar-refractivity contribution >= 4 is 0 Å². The third-order valence-corrected chi connectivity index (χ3v) is 2.71. The van der Waals surface area contributed by atoms with E-state index in [0.717, 1.165) is 13.0 Å². The minimum absolute atomic E-state index is 0.00576. The Balaban J connectivity index is 2.14. The molecule has 102 valence electrons. The number of nitrogens with one attached hydrogen (secondary N) is 1. The summed E-state index contributed by atoms with van der Waals surface area (Å²) in [5, 5.41) is 3.23. The van der Waals surface area contributed by atoms with E-state index in [9.17, 15) is 4.39 Å². The molecule has 1 N–H and O–H groups in total. The molecular weight excluding hydrogens is 233 g/mol. The molecule has 0 bridgehead atoms. The predicted octanol–water partition coefficient (Wildman–Crippen LogP) is 2.53. The van der Waals surface area contributed by atoms with Crippen LogP contribution in [-0.2, 0) is 9.47 Å². The molecule has 4 heteroatoms. The van der Waals surface area contributed by atoms with Gasteiger partial charge in [0.25, 0.3) is 0 Å². The highest BCUT2D eigenvalue weighted by Crippen LogP contribution is 2.15. The molecule has 0 saturated carbocycles. The molecule has 1 unspecified atom stereocenters. The molecule has 0 aliphatic heterocycles. The number of benzene rings is 1. The zero-order valence-electron chi connectivity index (χ0n) is 11.1. The Labute approximate surface area is 108 Å². The minimum Gasteiger partial charge on any atom is -0.385 e. The second kappa shape index (κ2) is 9.03. The molecule has 1 aromatic carbocycles. The molecule has 0 aliphatic carbocycles. The maximum Gasteiger partial charge on any atom is 0.127 e. The molecule has 0 radical (unpaired) electrons. The van der Waals surface area contributed by atoms with Gasteiger partial charge in [0.15, 0.2) is 0 Å². The average Bonchev–Trinajstić information content (AvgIpc) is 2.38. The van der Waals surface area contributed by atoms with Gasteiger partial charge in [0.2, 0.25) is 0 Å². The van der Waals surface area contributed by atoms with E-state index in [-0.39, 0.29) is 11.9 Å². The SMILES string of the molecule is COCCCOCCNC(C)c1ccccc1F. The van der Waals surface area contributed by atoms with Gasteiger partial charge in [0.1, 0.15) is 5.82 Å². The molecule has 0 fully saturated rings. The number of halogens is 1. The highest BCUT2D eigenvalue weighted by molar-refractivity contribution is 5.20. The maximum atomic E-state index is 13.5. The van der Waals surface area contributed by atoms with Gasteiger partial charge in [-0.2, -0.15) is 0 Å². The summed E-state index contributed by atoms with van der Waals surface area (Å²) in [7, 11) is 1.68. The summed E-state index contributed by atoms with van der Waals surface area (Å²) in [4.78, 5) is 0. The molecule has 0 amide bonds. The first-order valence-electron chi connectivity index (χ1n) is 6.30. The lowest BCUT2D eigenvalue weighted by molar-refractivity contribution is 0.103. The lowest BCUT2D eigenvalue weighted by Gasteiger charge is -2.15. The Morgan fingerprint density at radius 3 is 2.72 bits per heavy atom. The molecule has 0 spiro atoms. The van der Waals surface area contributed by atoms with E-state index in [1.54, 1.807) is 19.2 Å². The third-order valence-electron chi connectivity index (χ3n) is 2.71. The standard InChI is InChI=1S/C14H22FNO2/c1-12(13-6-3-4-7-14(13)15)16-8-11-18-10-5-9-17-2/h3-4,6-7,12,16H,5,8-11H2,1-2H3. The van der Waals surface area contributed by atoms with Crippen molar-refractivity contribution in [2.45, 2.75) is 19.4 Å².